The van der Waals surface area contributed by atoms with Crippen LogP contribution in [0, 0.1) is 0 Å². The number of hydrogen-bond donors (Lipinski definition) is 1. The fraction of sp³-hybridized carbons (Fsp3) is 0.692. The predicted molar refractivity (Wildman–Crippen MR) is 68.2 cm³/mol. The van der Waals surface area contributed by atoms with E-state index in [0.29, 0.717) is 5.82 Å². The van der Waals surface area contributed by atoms with Crippen molar-refractivity contribution in [3.8, 4) is 0 Å². The van der Waals surface area contributed by atoms with Gasteiger partial charge in [-0.3, -0.25) is 4.79 Å². The van der Waals surface area contributed by atoms with Crippen LogP contribution >= 0.6 is 0 Å². The first-order valence-corrected chi connectivity index (χ1v) is 6.03. The summed E-state index contributed by atoms with van der Waals surface area (Å²) >= 11 is 0. The minimum atomic E-state index is -0.131. The summed E-state index contributed by atoms with van der Waals surface area (Å²) in [6.07, 6.45) is 1.71. The van der Waals surface area contributed by atoms with Gasteiger partial charge in [0.2, 0.25) is 0 Å². The zero-order valence-corrected chi connectivity index (χ0v) is 11.3. The molecule has 1 unspecified atom stereocenters. The Morgan fingerprint density at radius 2 is 2.12 bits per heavy atom. The van der Waals surface area contributed by atoms with E-state index in [1.807, 2.05) is 20.8 Å². The summed E-state index contributed by atoms with van der Waals surface area (Å²) in [5, 5.41) is 0. The van der Waals surface area contributed by atoms with Gasteiger partial charge in [-0.15, -0.1) is 0 Å². The van der Waals surface area contributed by atoms with Gasteiger partial charge in [-0.05, 0) is 6.42 Å². The first-order valence-electron chi connectivity index (χ1n) is 6.03. The number of rotatable bonds is 4. The van der Waals surface area contributed by atoms with Crippen molar-refractivity contribution in [2.24, 2.45) is 0 Å². The number of aromatic amines is 1. The fourth-order valence-electron chi connectivity index (χ4n) is 1.64. The largest absolute Gasteiger partial charge is 0.374 e. The minimum Gasteiger partial charge on any atom is -0.374 e. The molecule has 1 aromatic heterocycles. The van der Waals surface area contributed by atoms with E-state index in [9.17, 15) is 4.79 Å². The lowest BCUT2D eigenvalue weighted by molar-refractivity contribution is 0.0870. The monoisotopic (exact) mass is 238 g/mol. The lowest BCUT2D eigenvalue weighted by Crippen LogP contribution is -2.23. The first-order chi connectivity index (χ1) is 7.88. The quantitative estimate of drug-likeness (QED) is 0.877. The van der Waals surface area contributed by atoms with Crippen molar-refractivity contribution in [2.45, 2.75) is 52.1 Å². The van der Waals surface area contributed by atoms with Crippen molar-refractivity contribution in [1.29, 1.82) is 0 Å². The summed E-state index contributed by atoms with van der Waals surface area (Å²) < 4.78 is 5.37. The van der Waals surface area contributed by atoms with Gasteiger partial charge in [-0.25, -0.2) is 4.98 Å². The molecule has 0 radical (unpaired) electrons. The van der Waals surface area contributed by atoms with Crippen molar-refractivity contribution in [3.63, 3.8) is 0 Å². The SMILES string of the molecule is CCCC(OC)c1nc(C(C)(C)C)cc(=O)[nH]1. The highest BCUT2D eigenvalue weighted by atomic mass is 16.5. The molecule has 96 valence electrons. The van der Waals surface area contributed by atoms with Gasteiger partial charge in [-0.1, -0.05) is 34.1 Å². The summed E-state index contributed by atoms with van der Waals surface area (Å²) in [6, 6.07) is 1.56. The molecule has 0 fully saturated rings. The highest BCUT2D eigenvalue weighted by Crippen LogP contribution is 2.22. The van der Waals surface area contributed by atoms with Gasteiger partial charge in [0, 0.05) is 18.6 Å². The molecule has 1 heterocycles. The van der Waals surface area contributed by atoms with Crippen LogP contribution in [0.3, 0.4) is 0 Å². The van der Waals surface area contributed by atoms with Crippen LogP contribution in [-0.4, -0.2) is 17.1 Å². The van der Waals surface area contributed by atoms with Crippen LogP contribution < -0.4 is 5.56 Å². The van der Waals surface area contributed by atoms with E-state index in [1.54, 1.807) is 13.2 Å². The molecule has 1 rings (SSSR count). The third-order valence-corrected chi connectivity index (χ3v) is 2.67. The maximum absolute atomic E-state index is 11.6. The molecule has 0 aliphatic carbocycles. The van der Waals surface area contributed by atoms with Gasteiger partial charge in [0.25, 0.3) is 5.56 Å². The van der Waals surface area contributed by atoms with Crippen molar-refractivity contribution < 1.29 is 4.74 Å². The highest BCUT2D eigenvalue weighted by molar-refractivity contribution is 5.13. The predicted octanol–water partition coefficient (Wildman–Crippen LogP) is 2.55. The Morgan fingerprint density at radius 3 is 2.59 bits per heavy atom. The summed E-state index contributed by atoms with van der Waals surface area (Å²) in [5.41, 5.74) is 0.556. The number of nitrogens with zero attached hydrogens (tertiary/aromatic N) is 1. The number of ether oxygens (including phenoxy) is 1. The Kier molecular flexibility index (Phi) is 4.46. The second kappa shape index (κ2) is 5.45. The Labute approximate surface area is 102 Å². The van der Waals surface area contributed by atoms with E-state index in [2.05, 4.69) is 16.9 Å². The van der Waals surface area contributed by atoms with E-state index in [-0.39, 0.29) is 17.1 Å². The topological polar surface area (TPSA) is 55.0 Å². The van der Waals surface area contributed by atoms with Crippen molar-refractivity contribution in [3.05, 3.63) is 27.9 Å². The Bertz CT molecular complexity index is 418. The standard InChI is InChI=1S/C13H22N2O2/c1-6-7-9(17-5)12-14-10(13(2,3)4)8-11(16)15-12/h8-9H,6-7H2,1-5H3,(H,14,15,16). The molecule has 17 heavy (non-hydrogen) atoms. The number of hydrogen-bond acceptors (Lipinski definition) is 3. The Morgan fingerprint density at radius 1 is 1.47 bits per heavy atom. The Hall–Kier alpha value is -1.16. The zero-order chi connectivity index (χ0) is 13.1. The van der Waals surface area contributed by atoms with Gasteiger partial charge < -0.3 is 9.72 Å². The van der Waals surface area contributed by atoms with Gasteiger partial charge >= 0.3 is 0 Å². The molecule has 4 nitrogen and oxygen atoms in total. The number of nitrogens with one attached hydrogen (secondary N) is 1. The van der Waals surface area contributed by atoms with Crippen molar-refractivity contribution >= 4 is 0 Å². The maximum atomic E-state index is 11.6. The molecule has 1 aromatic rings. The minimum absolute atomic E-state index is 0.113. The molecule has 1 N–H and O–H groups in total. The molecule has 4 heteroatoms. The molecule has 0 amide bonds. The second-order valence-corrected chi connectivity index (χ2v) is 5.28. The van der Waals surface area contributed by atoms with Crippen LogP contribution in [-0.2, 0) is 10.2 Å². The van der Waals surface area contributed by atoms with Crippen LogP contribution in [0.1, 0.15) is 58.2 Å². The molecule has 0 aromatic carbocycles. The van der Waals surface area contributed by atoms with Crippen LogP contribution in [0.25, 0.3) is 0 Å². The molecule has 0 aliphatic rings. The van der Waals surface area contributed by atoms with Gasteiger partial charge in [0.05, 0.1) is 5.69 Å². The van der Waals surface area contributed by atoms with Crippen LogP contribution in [0.4, 0.5) is 0 Å². The fourth-order valence-corrected chi connectivity index (χ4v) is 1.64. The van der Waals surface area contributed by atoms with Gasteiger partial charge in [0.1, 0.15) is 11.9 Å². The average Bonchev–Trinajstić information content (AvgIpc) is 2.23. The molecular formula is C13H22N2O2. The molecule has 0 spiro atoms. The normalized spacial score (nSPS) is 13.7. The van der Waals surface area contributed by atoms with E-state index in [1.165, 1.54) is 0 Å². The first kappa shape index (κ1) is 13.9. The van der Waals surface area contributed by atoms with Gasteiger partial charge in [-0.2, -0.15) is 0 Å². The molecule has 0 saturated heterocycles. The van der Waals surface area contributed by atoms with Crippen LogP contribution in [0.2, 0.25) is 0 Å². The third-order valence-electron chi connectivity index (χ3n) is 2.67. The third kappa shape index (κ3) is 3.66. The molecule has 1 atom stereocenters. The molecular weight excluding hydrogens is 216 g/mol. The van der Waals surface area contributed by atoms with Crippen LogP contribution in [0.15, 0.2) is 10.9 Å². The maximum Gasteiger partial charge on any atom is 0.251 e. The van der Waals surface area contributed by atoms with Crippen molar-refractivity contribution in [1.82, 2.24) is 9.97 Å². The smallest absolute Gasteiger partial charge is 0.251 e. The van der Waals surface area contributed by atoms with E-state index in [0.717, 1.165) is 18.5 Å². The summed E-state index contributed by atoms with van der Waals surface area (Å²) in [6.45, 7) is 8.21. The van der Waals surface area contributed by atoms with E-state index >= 15 is 0 Å². The van der Waals surface area contributed by atoms with Crippen LogP contribution in [0.5, 0.6) is 0 Å². The Balaban J connectivity index is 3.17. The number of aromatic nitrogens is 2. The number of methoxy groups -OCH3 is 1. The summed E-state index contributed by atoms with van der Waals surface area (Å²) in [5.74, 6) is 0.631. The lowest BCUT2D eigenvalue weighted by Gasteiger charge is -2.20. The van der Waals surface area contributed by atoms with E-state index < -0.39 is 0 Å². The molecule has 0 aliphatic heterocycles. The van der Waals surface area contributed by atoms with Crippen molar-refractivity contribution in [2.75, 3.05) is 7.11 Å². The lowest BCUT2D eigenvalue weighted by atomic mass is 9.92. The second-order valence-electron chi connectivity index (χ2n) is 5.28. The molecule has 0 bridgehead atoms. The number of H-pyrrole nitrogens is 1. The average molecular weight is 238 g/mol. The highest BCUT2D eigenvalue weighted by Gasteiger charge is 2.20. The zero-order valence-electron chi connectivity index (χ0n) is 11.3. The molecule has 0 saturated carbocycles. The summed E-state index contributed by atoms with van der Waals surface area (Å²) in [4.78, 5) is 18.9. The van der Waals surface area contributed by atoms with Gasteiger partial charge in [0.15, 0.2) is 0 Å². The summed E-state index contributed by atoms with van der Waals surface area (Å²) in [7, 11) is 1.64. The van der Waals surface area contributed by atoms with E-state index in [4.69, 9.17) is 4.74 Å².